The Kier molecular flexibility index (Phi) is 2.30. The molecule has 0 radical (unpaired) electrons. The van der Waals surface area contributed by atoms with Crippen molar-refractivity contribution < 1.29 is 22.8 Å². The maximum atomic E-state index is 12.1. The van der Waals surface area contributed by atoms with Gasteiger partial charge in [-0.05, 0) is 24.3 Å². The van der Waals surface area contributed by atoms with Crippen LogP contribution in [0.2, 0.25) is 0 Å². The van der Waals surface area contributed by atoms with Gasteiger partial charge in [0.2, 0.25) is 5.82 Å². The highest BCUT2D eigenvalue weighted by Crippen LogP contribution is 2.29. The van der Waals surface area contributed by atoms with E-state index in [4.69, 9.17) is 5.11 Å². The molecule has 0 saturated carbocycles. The van der Waals surface area contributed by atoms with Crippen LogP contribution in [0.25, 0.3) is 11.4 Å². The number of hydrogen-bond acceptors (Lipinski definition) is 4. The number of aromatic nitrogens is 2. The summed E-state index contributed by atoms with van der Waals surface area (Å²) in [6, 6.07) is 5.42. The third kappa shape index (κ3) is 1.97. The van der Waals surface area contributed by atoms with E-state index in [9.17, 15) is 13.2 Å². The first-order valence-corrected chi connectivity index (χ1v) is 4.17. The van der Waals surface area contributed by atoms with Gasteiger partial charge in [-0.15, -0.1) is 0 Å². The third-order valence-corrected chi connectivity index (χ3v) is 1.79. The Morgan fingerprint density at radius 2 is 1.75 bits per heavy atom. The summed E-state index contributed by atoms with van der Waals surface area (Å²) in [4.78, 5) is 3.20. The Hall–Kier alpha value is -2.05. The second kappa shape index (κ2) is 3.51. The highest BCUT2D eigenvalue weighted by atomic mass is 19.4. The predicted molar refractivity (Wildman–Crippen MR) is 46.4 cm³/mol. The summed E-state index contributed by atoms with van der Waals surface area (Å²) in [5.41, 5.74) is 0.331. The lowest BCUT2D eigenvalue weighted by Gasteiger charge is -1.96. The van der Waals surface area contributed by atoms with E-state index in [-0.39, 0.29) is 11.6 Å². The van der Waals surface area contributed by atoms with Gasteiger partial charge < -0.3 is 9.63 Å². The second-order valence-corrected chi connectivity index (χ2v) is 2.97. The van der Waals surface area contributed by atoms with Gasteiger partial charge in [0.1, 0.15) is 5.75 Å². The van der Waals surface area contributed by atoms with Crippen LogP contribution in [0.5, 0.6) is 5.75 Å². The van der Waals surface area contributed by atoms with Crippen molar-refractivity contribution in [3.05, 3.63) is 30.2 Å². The molecule has 0 aliphatic heterocycles. The minimum absolute atomic E-state index is 0.00305. The van der Waals surface area contributed by atoms with E-state index in [0.717, 1.165) is 0 Å². The van der Waals surface area contributed by atoms with Crippen LogP contribution in [0.15, 0.2) is 28.8 Å². The molecule has 1 N–H and O–H groups in total. The molecule has 16 heavy (non-hydrogen) atoms. The fourth-order valence-corrected chi connectivity index (χ4v) is 1.07. The van der Waals surface area contributed by atoms with Crippen molar-refractivity contribution in [3.8, 4) is 17.1 Å². The predicted octanol–water partition coefficient (Wildman–Crippen LogP) is 2.46. The van der Waals surface area contributed by atoms with Gasteiger partial charge in [-0.25, -0.2) is 0 Å². The topological polar surface area (TPSA) is 59.2 Å². The van der Waals surface area contributed by atoms with Crippen LogP contribution in [0, 0.1) is 0 Å². The number of rotatable bonds is 1. The van der Waals surface area contributed by atoms with E-state index in [1.165, 1.54) is 24.3 Å². The van der Waals surface area contributed by atoms with E-state index in [1.54, 1.807) is 0 Å². The monoisotopic (exact) mass is 230 g/mol. The fraction of sp³-hybridized carbons (Fsp3) is 0.111. The molecule has 0 saturated heterocycles. The molecule has 1 heterocycles. The molecule has 1 aromatic carbocycles. The van der Waals surface area contributed by atoms with Crippen molar-refractivity contribution in [2.45, 2.75) is 6.18 Å². The molecule has 0 bridgehead atoms. The van der Waals surface area contributed by atoms with Crippen LogP contribution in [0.4, 0.5) is 13.2 Å². The molecule has 2 aromatic rings. The lowest BCUT2D eigenvalue weighted by Crippen LogP contribution is -2.04. The second-order valence-electron chi connectivity index (χ2n) is 2.97. The molecule has 0 spiro atoms. The molecule has 0 amide bonds. The SMILES string of the molecule is Oc1ccc(-c2noc(C(F)(F)F)n2)cc1. The highest BCUT2D eigenvalue weighted by Gasteiger charge is 2.38. The first kappa shape index (κ1) is 10.5. The van der Waals surface area contributed by atoms with E-state index in [2.05, 4.69) is 14.7 Å². The van der Waals surface area contributed by atoms with Crippen LogP contribution in [0.1, 0.15) is 5.89 Å². The molecular formula is C9H5F3N2O2. The van der Waals surface area contributed by atoms with Gasteiger partial charge in [0, 0.05) is 5.56 Å². The fourth-order valence-electron chi connectivity index (χ4n) is 1.07. The third-order valence-electron chi connectivity index (χ3n) is 1.79. The van der Waals surface area contributed by atoms with Crippen LogP contribution in [0.3, 0.4) is 0 Å². The van der Waals surface area contributed by atoms with Crippen LogP contribution in [-0.2, 0) is 6.18 Å². The Labute approximate surface area is 87.3 Å². The molecule has 0 fully saturated rings. The van der Waals surface area contributed by atoms with Crippen molar-refractivity contribution >= 4 is 0 Å². The average molecular weight is 230 g/mol. The van der Waals surface area contributed by atoms with E-state index in [1.807, 2.05) is 0 Å². The minimum Gasteiger partial charge on any atom is -0.508 e. The first-order valence-electron chi connectivity index (χ1n) is 4.17. The number of benzene rings is 1. The normalized spacial score (nSPS) is 11.7. The molecule has 0 atom stereocenters. The van der Waals surface area contributed by atoms with E-state index in [0.29, 0.717) is 5.56 Å². The summed E-state index contributed by atoms with van der Waals surface area (Å²) in [7, 11) is 0. The smallest absolute Gasteiger partial charge is 0.471 e. The number of aromatic hydroxyl groups is 1. The number of halogens is 3. The van der Waals surface area contributed by atoms with Gasteiger partial charge >= 0.3 is 12.1 Å². The molecule has 0 aliphatic rings. The zero-order valence-electron chi connectivity index (χ0n) is 7.69. The maximum Gasteiger partial charge on any atom is 0.471 e. The molecule has 7 heteroatoms. The summed E-state index contributed by atoms with van der Waals surface area (Å²) in [6.07, 6.45) is -4.65. The molecule has 84 valence electrons. The molecular weight excluding hydrogens is 225 g/mol. The van der Waals surface area contributed by atoms with Crippen LogP contribution >= 0.6 is 0 Å². The van der Waals surface area contributed by atoms with Crippen molar-refractivity contribution in [1.82, 2.24) is 10.1 Å². The van der Waals surface area contributed by atoms with Gasteiger partial charge in [0.25, 0.3) is 0 Å². The Morgan fingerprint density at radius 1 is 1.12 bits per heavy atom. The van der Waals surface area contributed by atoms with Crippen LogP contribution < -0.4 is 0 Å². The van der Waals surface area contributed by atoms with Crippen molar-refractivity contribution in [2.24, 2.45) is 0 Å². The standard InChI is InChI=1S/C9H5F3N2O2/c10-9(11,12)8-13-7(14-16-8)5-1-3-6(15)4-2-5/h1-4,15H. The molecule has 1 aromatic heterocycles. The zero-order valence-corrected chi connectivity index (χ0v) is 7.69. The number of hydrogen-bond donors (Lipinski definition) is 1. The van der Waals surface area contributed by atoms with Crippen molar-refractivity contribution in [2.75, 3.05) is 0 Å². The minimum atomic E-state index is -4.65. The Balaban J connectivity index is 2.35. The molecule has 4 nitrogen and oxygen atoms in total. The van der Waals surface area contributed by atoms with Crippen molar-refractivity contribution in [3.63, 3.8) is 0 Å². The average Bonchev–Trinajstić information content (AvgIpc) is 2.67. The summed E-state index contributed by atoms with van der Waals surface area (Å²) in [6.45, 7) is 0. The Morgan fingerprint density at radius 3 is 2.25 bits per heavy atom. The van der Waals surface area contributed by atoms with Gasteiger partial charge in [-0.1, -0.05) is 5.16 Å². The van der Waals surface area contributed by atoms with Gasteiger partial charge in [0.05, 0.1) is 0 Å². The number of phenols is 1. The first-order chi connectivity index (χ1) is 7.47. The molecule has 0 unspecified atom stereocenters. The quantitative estimate of drug-likeness (QED) is 0.817. The molecule has 0 aliphatic carbocycles. The number of nitrogens with zero attached hydrogens (tertiary/aromatic N) is 2. The lowest BCUT2D eigenvalue weighted by atomic mass is 10.2. The number of phenolic OH excluding ortho intramolecular Hbond substituents is 1. The van der Waals surface area contributed by atoms with Gasteiger partial charge in [-0.2, -0.15) is 18.2 Å². The van der Waals surface area contributed by atoms with Crippen LogP contribution in [-0.4, -0.2) is 15.2 Å². The van der Waals surface area contributed by atoms with Gasteiger partial charge in [-0.3, -0.25) is 0 Å². The van der Waals surface area contributed by atoms with E-state index >= 15 is 0 Å². The maximum absolute atomic E-state index is 12.1. The summed E-state index contributed by atoms with van der Waals surface area (Å²) in [5.74, 6) is -1.56. The highest BCUT2D eigenvalue weighted by molar-refractivity contribution is 5.55. The summed E-state index contributed by atoms with van der Waals surface area (Å²) in [5, 5.41) is 12.2. The molecule has 2 rings (SSSR count). The zero-order chi connectivity index (χ0) is 11.8. The van der Waals surface area contributed by atoms with E-state index < -0.39 is 12.1 Å². The summed E-state index contributed by atoms with van der Waals surface area (Å²) >= 11 is 0. The lowest BCUT2D eigenvalue weighted by molar-refractivity contribution is -0.159. The Bertz CT molecular complexity index is 490. The summed E-state index contributed by atoms with van der Waals surface area (Å²) < 4.78 is 40.5. The largest absolute Gasteiger partial charge is 0.508 e. The number of alkyl halides is 3. The van der Waals surface area contributed by atoms with Crippen molar-refractivity contribution in [1.29, 1.82) is 0 Å². The van der Waals surface area contributed by atoms with Gasteiger partial charge in [0.15, 0.2) is 0 Å².